The molecule has 3 unspecified atom stereocenters. The largest absolute Gasteiger partial charge is 0.469 e. The highest BCUT2D eigenvalue weighted by Crippen LogP contribution is 2.41. The number of methoxy groups -OCH3 is 2. The Kier molecular flexibility index (Phi) is 5.95. The predicted molar refractivity (Wildman–Crippen MR) is 84.4 cm³/mol. The van der Waals surface area contributed by atoms with E-state index in [0.29, 0.717) is 0 Å². The molecule has 0 heterocycles. The Hall–Kier alpha value is -2.09. The second-order valence-electron chi connectivity index (χ2n) is 5.96. The van der Waals surface area contributed by atoms with Crippen LogP contribution in [0.4, 0.5) is 13.2 Å². The Morgan fingerprint density at radius 1 is 1.12 bits per heavy atom. The van der Waals surface area contributed by atoms with Crippen LogP contribution in [-0.2, 0) is 30.0 Å². The van der Waals surface area contributed by atoms with Crippen molar-refractivity contribution in [1.82, 2.24) is 0 Å². The number of Topliss-reactive ketones (excluding diaryl/α,β-unsaturated/α-hetero) is 1. The van der Waals surface area contributed by atoms with Crippen molar-refractivity contribution >= 4 is 29.3 Å². The molecule has 3 atom stereocenters. The number of hydrogen-bond acceptors (Lipinski definition) is 5. The van der Waals surface area contributed by atoms with Gasteiger partial charge in [-0.2, -0.15) is 13.2 Å². The summed E-state index contributed by atoms with van der Waals surface area (Å²) in [5, 5.41) is -0.501. The predicted octanol–water partition coefficient (Wildman–Crippen LogP) is 3.38. The molecule has 0 amide bonds. The number of hydrogen-bond donors (Lipinski definition) is 0. The zero-order valence-corrected chi connectivity index (χ0v) is 14.7. The van der Waals surface area contributed by atoms with Gasteiger partial charge in [-0.1, -0.05) is 17.7 Å². The van der Waals surface area contributed by atoms with Gasteiger partial charge in [-0.15, -0.1) is 0 Å². The van der Waals surface area contributed by atoms with Crippen molar-refractivity contribution in [2.75, 3.05) is 14.2 Å². The van der Waals surface area contributed by atoms with Gasteiger partial charge < -0.3 is 9.47 Å². The molecule has 0 aliphatic heterocycles. The maximum atomic E-state index is 13.1. The van der Waals surface area contributed by atoms with E-state index >= 15 is 0 Å². The van der Waals surface area contributed by atoms with Crippen LogP contribution in [0.1, 0.15) is 29.9 Å². The van der Waals surface area contributed by atoms with E-state index in [4.69, 9.17) is 11.6 Å². The van der Waals surface area contributed by atoms with Gasteiger partial charge in [-0.05, 0) is 30.5 Å². The fourth-order valence-corrected chi connectivity index (χ4v) is 3.36. The van der Waals surface area contributed by atoms with Crippen molar-refractivity contribution in [3.05, 3.63) is 34.3 Å². The number of benzene rings is 1. The first-order chi connectivity index (χ1) is 12.1. The van der Waals surface area contributed by atoms with E-state index in [1.54, 1.807) is 0 Å². The van der Waals surface area contributed by atoms with Gasteiger partial charge in [-0.3, -0.25) is 14.4 Å². The quantitative estimate of drug-likeness (QED) is 0.582. The maximum absolute atomic E-state index is 13.1. The molecule has 0 aromatic heterocycles. The molecular weight excluding hydrogens is 377 g/mol. The van der Waals surface area contributed by atoms with Gasteiger partial charge >= 0.3 is 18.1 Å². The van der Waals surface area contributed by atoms with Gasteiger partial charge in [0.25, 0.3) is 0 Å². The van der Waals surface area contributed by atoms with Crippen LogP contribution >= 0.6 is 11.6 Å². The summed E-state index contributed by atoms with van der Waals surface area (Å²) in [4.78, 5) is 36.5. The van der Waals surface area contributed by atoms with E-state index in [9.17, 15) is 27.6 Å². The SMILES string of the molecule is COC(=O)C1CC(C(=O)OC)C(=O)C(c2ccc(Cl)c(C(F)(F)F)c2)C1. The van der Waals surface area contributed by atoms with Crippen molar-refractivity contribution in [3.63, 3.8) is 0 Å². The van der Waals surface area contributed by atoms with Crippen molar-refractivity contribution in [2.45, 2.75) is 24.9 Å². The third-order valence-electron chi connectivity index (χ3n) is 4.45. The average molecular weight is 393 g/mol. The number of rotatable bonds is 3. The van der Waals surface area contributed by atoms with Crippen LogP contribution in [-0.4, -0.2) is 31.9 Å². The number of alkyl halides is 3. The number of carbonyl (C=O) groups is 3. The second kappa shape index (κ2) is 7.65. The van der Waals surface area contributed by atoms with E-state index < -0.39 is 52.2 Å². The topological polar surface area (TPSA) is 69.7 Å². The number of ketones is 1. The fourth-order valence-electron chi connectivity index (χ4n) is 3.13. The third kappa shape index (κ3) is 4.00. The minimum atomic E-state index is -4.70. The lowest BCUT2D eigenvalue weighted by Crippen LogP contribution is -2.39. The lowest BCUT2D eigenvalue weighted by Gasteiger charge is -2.31. The van der Waals surface area contributed by atoms with Gasteiger partial charge in [0, 0.05) is 5.92 Å². The lowest BCUT2D eigenvalue weighted by atomic mass is 9.71. The normalized spacial score (nSPS) is 23.5. The first kappa shape index (κ1) is 20.2. The molecule has 26 heavy (non-hydrogen) atoms. The molecule has 0 spiro atoms. The summed E-state index contributed by atoms with van der Waals surface area (Å²) < 4.78 is 48.5. The van der Waals surface area contributed by atoms with Gasteiger partial charge in [0.1, 0.15) is 5.92 Å². The Labute approximate surface area is 152 Å². The highest BCUT2D eigenvalue weighted by Gasteiger charge is 2.45. The van der Waals surface area contributed by atoms with Crippen molar-refractivity contribution < 1.29 is 37.0 Å². The van der Waals surface area contributed by atoms with Crippen LogP contribution in [0.5, 0.6) is 0 Å². The summed E-state index contributed by atoms with van der Waals surface area (Å²) in [7, 11) is 2.25. The zero-order valence-electron chi connectivity index (χ0n) is 13.9. The second-order valence-corrected chi connectivity index (χ2v) is 6.37. The van der Waals surface area contributed by atoms with Gasteiger partial charge in [0.2, 0.25) is 0 Å². The van der Waals surface area contributed by atoms with Crippen LogP contribution in [0.15, 0.2) is 18.2 Å². The molecule has 1 aromatic carbocycles. The summed E-state index contributed by atoms with van der Waals surface area (Å²) in [6, 6.07) is 3.11. The molecule has 0 bridgehead atoms. The van der Waals surface area contributed by atoms with Crippen LogP contribution in [0.2, 0.25) is 5.02 Å². The summed E-state index contributed by atoms with van der Waals surface area (Å²) in [5.41, 5.74) is -1.05. The molecule has 1 aliphatic rings. The van der Waals surface area contributed by atoms with Crippen LogP contribution in [0.25, 0.3) is 0 Å². The summed E-state index contributed by atoms with van der Waals surface area (Å²) >= 11 is 5.61. The Morgan fingerprint density at radius 2 is 1.73 bits per heavy atom. The number of carbonyl (C=O) groups excluding carboxylic acids is 3. The highest BCUT2D eigenvalue weighted by molar-refractivity contribution is 6.31. The van der Waals surface area contributed by atoms with E-state index in [1.165, 1.54) is 6.07 Å². The van der Waals surface area contributed by atoms with E-state index in [0.717, 1.165) is 26.4 Å². The van der Waals surface area contributed by atoms with Crippen LogP contribution in [0.3, 0.4) is 0 Å². The number of ether oxygens (including phenoxy) is 2. The molecule has 1 fully saturated rings. The monoisotopic (exact) mass is 392 g/mol. The van der Waals surface area contributed by atoms with Crippen LogP contribution < -0.4 is 0 Å². The number of esters is 2. The van der Waals surface area contributed by atoms with Crippen molar-refractivity contribution in [1.29, 1.82) is 0 Å². The van der Waals surface area contributed by atoms with E-state index in [1.807, 2.05) is 0 Å². The van der Waals surface area contributed by atoms with Gasteiger partial charge in [-0.25, -0.2) is 0 Å². The smallest absolute Gasteiger partial charge is 0.417 e. The average Bonchev–Trinajstić information content (AvgIpc) is 2.60. The molecule has 142 valence electrons. The van der Waals surface area contributed by atoms with Gasteiger partial charge in [0.05, 0.1) is 30.7 Å². The summed E-state index contributed by atoms with van der Waals surface area (Å²) in [6.07, 6.45) is -4.86. The maximum Gasteiger partial charge on any atom is 0.417 e. The lowest BCUT2D eigenvalue weighted by molar-refractivity contribution is -0.156. The first-order valence-corrected chi connectivity index (χ1v) is 8.04. The summed E-state index contributed by atoms with van der Waals surface area (Å²) in [6.45, 7) is 0. The van der Waals surface area contributed by atoms with Crippen LogP contribution in [0, 0.1) is 11.8 Å². The van der Waals surface area contributed by atoms with E-state index in [2.05, 4.69) is 9.47 Å². The fraction of sp³-hybridized carbons (Fsp3) is 0.471. The van der Waals surface area contributed by atoms with Gasteiger partial charge in [0.15, 0.2) is 5.78 Å². The molecular formula is C17H16ClF3O5. The molecule has 5 nitrogen and oxygen atoms in total. The molecule has 1 aliphatic carbocycles. The van der Waals surface area contributed by atoms with E-state index in [-0.39, 0.29) is 18.4 Å². The molecule has 0 radical (unpaired) electrons. The zero-order chi connectivity index (χ0) is 19.6. The molecule has 1 saturated carbocycles. The Morgan fingerprint density at radius 3 is 2.27 bits per heavy atom. The van der Waals surface area contributed by atoms with Crippen molar-refractivity contribution in [3.8, 4) is 0 Å². The Bertz CT molecular complexity index is 732. The minimum absolute atomic E-state index is 0.0363. The first-order valence-electron chi connectivity index (χ1n) is 7.66. The minimum Gasteiger partial charge on any atom is -0.469 e. The Balaban J connectivity index is 2.46. The molecule has 2 rings (SSSR count). The molecule has 9 heteroatoms. The molecule has 1 aromatic rings. The third-order valence-corrected chi connectivity index (χ3v) is 4.78. The molecule has 0 saturated heterocycles. The summed E-state index contributed by atoms with van der Waals surface area (Å²) in [5.74, 6) is -5.19. The standard InChI is InChI=1S/C17H16ClF3O5/c1-25-15(23)9-5-10(14(22)11(6-9)16(24)26-2)8-3-4-13(18)12(7-8)17(19,20)21/h3-4,7,9-11H,5-6H2,1-2H3. The highest BCUT2D eigenvalue weighted by atomic mass is 35.5. The van der Waals surface area contributed by atoms with Crippen molar-refractivity contribution in [2.24, 2.45) is 11.8 Å². The number of halogens is 4. The molecule has 0 N–H and O–H groups in total.